The Bertz CT molecular complexity index is 639. The highest BCUT2D eigenvalue weighted by atomic mass is 127. The van der Waals surface area contributed by atoms with Gasteiger partial charge in [0.2, 0.25) is 5.89 Å². The summed E-state index contributed by atoms with van der Waals surface area (Å²) in [5.74, 6) is 3.08. The molecule has 0 bridgehead atoms. The van der Waals surface area contributed by atoms with Gasteiger partial charge in [0.1, 0.15) is 18.1 Å². The van der Waals surface area contributed by atoms with Crippen LogP contribution in [-0.2, 0) is 13.0 Å². The molecule has 0 aliphatic heterocycles. The molecule has 2 rings (SSSR count). The van der Waals surface area contributed by atoms with Crippen LogP contribution in [0.2, 0.25) is 0 Å². The minimum absolute atomic E-state index is 0. The molecule has 0 unspecified atom stereocenters. The number of halogens is 1. The Kier molecular flexibility index (Phi) is 8.23. The SMILES string of the molecule is CCNC(=NCc1nc(C)c(C)o1)NCCc1c(C)noc1C.I. The fourth-order valence-corrected chi connectivity index (χ4v) is 2.26. The second-order valence-corrected chi connectivity index (χ2v) is 5.42. The average molecular weight is 447 g/mol. The van der Waals surface area contributed by atoms with Crippen LogP contribution in [0, 0.1) is 27.7 Å². The summed E-state index contributed by atoms with van der Waals surface area (Å²) >= 11 is 0. The quantitative estimate of drug-likeness (QED) is 0.402. The van der Waals surface area contributed by atoms with E-state index in [0.717, 1.165) is 53.9 Å². The third kappa shape index (κ3) is 5.50. The van der Waals surface area contributed by atoms with Crippen molar-refractivity contribution in [1.82, 2.24) is 20.8 Å². The van der Waals surface area contributed by atoms with Gasteiger partial charge >= 0.3 is 0 Å². The molecule has 0 aromatic carbocycles. The molecule has 0 saturated heterocycles. The largest absolute Gasteiger partial charge is 0.444 e. The molecule has 0 spiro atoms. The van der Waals surface area contributed by atoms with Gasteiger partial charge in [-0.15, -0.1) is 24.0 Å². The van der Waals surface area contributed by atoms with E-state index in [0.29, 0.717) is 12.4 Å². The summed E-state index contributed by atoms with van der Waals surface area (Å²) in [6.07, 6.45) is 0.836. The maximum Gasteiger partial charge on any atom is 0.216 e. The van der Waals surface area contributed by atoms with Gasteiger partial charge in [0, 0.05) is 18.7 Å². The van der Waals surface area contributed by atoms with Gasteiger partial charge in [0.15, 0.2) is 5.96 Å². The summed E-state index contributed by atoms with van der Waals surface area (Å²) in [6, 6.07) is 0. The van der Waals surface area contributed by atoms with Crippen molar-refractivity contribution in [1.29, 1.82) is 0 Å². The van der Waals surface area contributed by atoms with Crippen LogP contribution < -0.4 is 10.6 Å². The van der Waals surface area contributed by atoms with Gasteiger partial charge in [-0.3, -0.25) is 0 Å². The van der Waals surface area contributed by atoms with Gasteiger partial charge in [-0.2, -0.15) is 0 Å². The monoisotopic (exact) mass is 447 g/mol. The van der Waals surface area contributed by atoms with Gasteiger partial charge in [-0.05, 0) is 41.0 Å². The zero-order valence-corrected chi connectivity index (χ0v) is 17.2. The summed E-state index contributed by atoms with van der Waals surface area (Å²) < 4.78 is 10.7. The Labute approximate surface area is 159 Å². The van der Waals surface area contributed by atoms with Crippen LogP contribution in [0.4, 0.5) is 0 Å². The number of oxazole rings is 1. The third-order valence-electron chi connectivity index (χ3n) is 3.64. The van der Waals surface area contributed by atoms with Crippen LogP contribution in [0.5, 0.6) is 0 Å². The molecule has 8 heteroatoms. The van der Waals surface area contributed by atoms with Crippen LogP contribution in [0.3, 0.4) is 0 Å². The number of nitrogens with zero attached hydrogens (tertiary/aromatic N) is 3. The summed E-state index contributed by atoms with van der Waals surface area (Å²) in [5, 5.41) is 10.5. The van der Waals surface area contributed by atoms with E-state index >= 15 is 0 Å². The number of aryl methyl sites for hydroxylation is 4. The van der Waals surface area contributed by atoms with Crippen LogP contribution >= 0.6 is 24.0 Å². The number of guanidine groups is 1. The molecule has 0 fully saturated rings. The van der Waals surface area contributed by atoms with Crippen molar-refractivity contribution in [3.63, 3.8) is 0 Å². The first kappa shape index (κ1) is 20.5. The number of nitrogens with one attached hydrogen (secondary N) is 2. The molecule has 0 saturated carbocycles. The predicted molar refractivity (Wildman–Crippen MR) is 104 cm³/mol. The van der Waals surface area contributed by atoms with E-state index in [1.54, 1.807) is 0 Å². The second kappa shape index (κ2) is 9.65. The van der Waals surface area contributed by atoms with Crippen LogP contribution in [0.1, 0.15) is 41.3 Å². The summed E-state index contributed by atoms with van der Waals surface area (Å²) in [5.41, 5.74) is 3.00. The molecule has 0 aliphatic rings. The first-order valence-corrected chi connectivity index (χ1v) is 7.88. The van der Waals surface area contributed by atoms with Gasteiger partial charge < -0.3 is 19.6 Å². The minimum atomic E-state index is 0. The Morgan fingerprint density at radius 3 is 2.38 bits per heavy atom. The fourth-order valence-electron chi connectivity index (χ4n) is 2.26. The van der Waals surface area contributed by atoms with Crippen molar-refractivity contribution >= 4 is 29.9 Å². The zero-order chi connectivity index (χ0) is 16.8. The first-order chi connectivity index (χ1) is 11.0. The van der Waals surface area contributed by atoms with Crippen molar-refractivity contribution in [2.75, 3.05) is 13.1 Å². The molecule has 0 radical (unpaired) electrons. The maximum absolute atomic E-state index is 5.54. The van der Waals surface area contributed by atoms with E-state index in [4.69, 9.17) is 8.94 Å². The minimum Gasteiger partial charge on any atom is -0.444 e. The molecular weight excluding hydrogens is 421 g/mol. The van der Waals surface area contributed by atoms with Crippen molar-refractivity contribution in [2.24, 2.45) is 4.99 Å². The molecular formula is C16H26IN5O2. The lowest BCUT2D eigenvalue weighted by molar-refractivity contribution is 0.392. The summed E-state index contributed by atoms with van der Waals surface area (Å²) in [7, 11) is 0. The Hall–Kier alpha value is -1.58. The van der Waals surface area contributed by atoms with Crippen molar-refractivity contribution in [2.45, 2.75) is 47.6 Å². The number of aliphatic imine (C=N–C) groups is 1. The third-order valence-corrected chi connectivity index (χ3v) is 3.64. The molecule has 2 heterocycles. The highest BCUT2D eigenvalue weighted by Crippen LogP contribution is 2.12. The molecule has 0 amide bonds. The van der Waals surface area contributed by atoms with Gasteiger partial charge in [-0.1, -0.05) is 5.16 Å². The van der Waals surface area contributed by atoms with Gasteiger partial charge in [0.05, 0.1) is 11.4 Å². The van der Waals surface area contributed by atoms with Crippen LogP contribution in [0.15, 0.2) is 13.9 Å². The summed E-state index contributed by atoms with van der Waals surface area (Å²) in [6.45, 7) is 11.7. The number of hydrogen-bond donors (Lipinski definition) is 2. The lowest BCUT2D eigenvalue weighted by Gasteiger charge is -2.10. The molecule has 2 aromatic rings. The Morgan fingerprint density at radius 2 is 1.83 bits per heavy atom. The van der Waals surface area contributed by atoms with Crippen molar-refractivity contribution < 1.29 is 8.94 Å². The van der Waals surface area contributed by atoms with Gasteiger partial charge in [-0.25, -0.2) is 9.98 Å². The van der Waals surface area contributed by atoms with E-state index in [2.05, 4.69) is 25.8 Å². The van der Waals surface area contributed by atoms with Gasteiger partial charge in [0.25, 0.3) is 0 Å². The van der Waals surface area contributed by atoms with Crippen molar-refractivity contribution in [3.8, 4) is 0 Å². The smallest absolute Gasteiger partial charge is 0.216 e. The Morgan fingerprint density at radius 1 is 1.08 bits per heavy atom. The van der Waals surface area contributed by atoms with E-state index < -0.39 is 0 Å². The molecule has 2 N–H and O–H groups in total. The second-order valence-electron chi connectivity index (χ2n) is 5.42. The number of rotatable bonds is 6. The molecule has 2 aromatic heterocycles. The van der Waals surface area contributed by atoms with Crippen LogP contribution in [-0.4, -0.2) is 29.2 Å². The lowest BCUT2D eigenvalue weighted by Crippen LogP contribution is -2.38. The summed E-state index contributed by atoms with van der Waals surface area (Å²) in [4.78, 5) is 8.84. The highest BCUT2D eigenvalue weighted by Gasteiger charge is 2.09. The molecule has 0 aliphatic carbocycles. The van der Waals surface area contributed by atoms with Crippen LogP contribution in [0.25, 0.3) is 0 Å². The zero-order valence-electron chi connectivity index (χ0n) is 14.9. The van der Waals surface area contributed by atoms with E-state index in [1.165, 1.54) is 0 Å². The topological polar surface area (TPSA) is 88.5 Å². The normalized spacial score (nSPS) is 11.3. The van der Waals surface area contributed by atoms with Crippen molar-refractivity contribution in [3.05, 3.63) is 34.4 Å². The lowest BCUT2D eigenvalue weighted by atomic mass is 10.1. The molecule has 7 nitrogen and oxygen atoms in total. The number of aromatic nitrogens is 2. The molecule has 134 valence electrons. The highest BCUT2D eigenvalue weighted by molar-refractivity contribution is 14.0. The Balaban J connectivity index is 0.00000288. The average Bonchev–Trinajstić information content (AvgIpc) is 3.00. The fraction of sp³-hybridized carbons (Fsp3) is 0.562. The molecule has 24 heavy (non-hydrogen) atoms. The first-order valence-electron chi connectivity index (χ1n) is 7.88. The van der Waals surface area contributed by atoms with E-state index in [-0.39, 0.29) is 24.0 Å². The van der Waals surface area contributed by atoms with E-state index in [9.17, 15) is 0 Å². The number of hydrogen-bond acceptors (Lipinski definition) is 5. The maximum atomic E-state index is 5.54. The standard InChI is InChI=1S/C16H25N5O2.HI/c1-6-17-16(19-9-15-20-10(2)12(4)22-15)18-8-7-14-11(3)21-23-13(14)5;/h6-9H2,1-5H3,(H2,17,18,19);1H. The van der Waals surface area contributed by atoms with E-state index in [1.807, 2.05) is 34.6 Å². The molecule has 0 atom stereocenters. The predicted octanol–water partition coefficient (Wildman–Crippen LogP) is 2.81.